The number of likely N-dealkylation sites (N-methyl/N-ethyl adjacent to an activating group) is 1. The maximum atomic E-state index is 12.2. The summed E-state index contributed by atoms with van der Waals surface area (Å²) in [5.41, 5.74) is 0.810. The topological polar surface area (TPSA) is 72.9 Å². The van der Waals surface area contributed by atoms with Gasteiger partial charge < -0.3 is 14.4 Å². The number of carbonyl (C=O) groups is 1. The summed E-state index contributed by atoms with van der Waals surface area (Å²) in [6.07, 6.45) is 3.09. The molecule has 126 valence electrons. The van der Waals surface area contributed by atoms with E-state index in [2.05, 4.69) is 0 Å². The van der Waals surface area contributed by atoms with Crippen LogP contribution in [0.3, 0.4) is 0 Å². The molecule has 1 aliphatic heterocycles. The average molecular weight is 339 g/mol. The second-order valence-electron chi connectivity index (χ2n) is 5.44. The molecule has 1 atom stereocenters. The van der Waals surface area contributed by atoms with E-state index in [1.165, 1.54) is 11.0 Å². The highest BCUT2D eigenvalue weighted by molar-refractivity contribution is 7.91. The fraction of sp³-hybridized carbons (Fsp3) is 0.438. The molecule has 1 aromatic carbocycles. The Morgan fingerprint density at radius 3 is 2.74 bits per heavy atom. The summed E-state index contributed by atoms with van der Waals surface area (Å²) in [4.78, 5) is 13.6. The van der Waals surface area contributed by atoms with Gasteiger partial charge in [-0.25, -0.2) is 8.42 Å². The molecule has 1 heterocycles. The second kappa shape index (κ2) is 7.04. The van der Waals surface area contributed by atoms with Crippen LogP contribution in [0.2, 0.25) is 0 Å². The van der Waals surface area contributed by atoms with Crippen molar-refractivity contribution in [3.05, 3.63) is 29.8 Å². The lowest BCUT2D eigenvalue weighted by molar-refractivity contribution is -0.126. The summed E-state index contributed by atoms with van der Waals surface area (Å²) >= 11 is 0. The predicted molar refractivity (Wildman–Crippen MR) is 88.2 cm³/mol. The highest BCUT2D eigenvalue weighted by atomic mass is 32.2. The number of hydrogen-bond acceptors (Lipinski definition) is 5. The Morgan fingerprint density at radius 2 is 2.04 bits per heavy atom. The van der Waals surface area contributed by atoms with Crippen LogP contribution in [0.5, 0.6) is 11.5 Å². The van der Waals surface area contributed by atoms with Gasteiger partial charge in [-0.1, -0.05) is 13.0 Å². The number of rotatable bonds is 6. The number of sulfone groups is 1. The lowest BCUT2D eigenvalue weighted by Crippen LogP contribution is -2.38. The van der Waals surface area contributed by atoms with Crippen molar-refractivity contribution in [1.29, 1.82) is 0 Å². The summed E-state index contributed by atoms with van der Waals surface area (Å²) in [6, 6.07) is 5.01. The minimum Gasteiger partial charge on any atom is -0.454 e. The molecule has 1 aliphatic rings. The van der Waals surface area contributed by atoms with Gasteiger partial charge in [-0.15, -0.1) is 0 Å². The van der Waals surface area contributed by atoms with Gasteiger partial charge in [-0.3, -0.25) is 4.79 Å². The van der Waals surface area contributed by atoms with Crippen LogP contribution < -0.4 is 9.47 Å². The minimum absolute atomic E-state index is 0.0381. The van der Waals surface area contributed by atoms with E-state index >= 15 is 0 Å². The van der Waals surface area contributed by atoms with Crippen molar-refractivity contribution in [1.82, 2.24) is 4.90 Å². The normalized spacial score (nSPS) is 14.9. The predicted octanol–water partition coefficient (Wildman–Crippen LogP) is 1.71. The number of nitrogens with zero attached hydrogens (tertiary/aromatic N) is 1. The highest BCUT2D eigenvalue weighted by Gasteiger charge is 2.20. The van der Waals surface area contributed by atoms with Crippen LogP contribution in [0.1, 0.15) is 19.4 Å². The van der Waals surface area contributed by atoms with Crippen LogP contribution in [0.4, 0.5) is 0 Å². The van der Waals surface area contributed by atoms with E-state index in [9.17, 15) is 13.2 Å². The molecule has 0 aliphatic carbocycles. The van der Waals surface area contributed by atoms with Gasteiger partial charge in [-0.2, -0.15) is 0 Å². The largest absolute Gasteiger partial charge is 0.454 e. The first kappa shape index (κ1) is 17.3. The molecule has 7 heteroatoms. The Kier molecular flexibility index (Phi) is 5.30. The number of fused-ring (bicyclic) bond motifs is 1. The minimum atomic E-state index is -3.12. The smallest absolute Gasteiger partial charge is 0.246 e. The summed E-state index contributed by atoms with van der Waals surface area (Å²) in [5, 5.41) is 0. The first-order chi connectivity index (χ1) is 10.8. The lowest BCUT2D eigenvalue weighted by atomic mass is 10.2. The van der Waals surface area contributed by atoms with E-state index < -0.39 is 9.84 Å². The van der Waals surface area contributed by atoms with Gasteiger partial charge in [0.15, 0.2) is 21.3 Å². The van der Waals surface area contributed by atoms with Gasteiger partial charge in [0.2, 0.25) is 12.7 Å². The third-order valence-electron chi connectivity index (χ3n) is 3.76. The van der Waals surface area contributed by atoms with Crippen LogP contribution in [0, 0.1) is 0 Å². The Hall–Kier alpha value is -2.02. The van der Waals surface area contributed by atoms with Gasteiger partial charge in [0, 0.05) is 24.9 Å². The Balaban J connectivity index is 2.00. The summed E-state index contributed by atoms with van der Waals surface area (Å²) in [6.45, 7) is 3.52. The molecule has 0 radical (unpaired) electrons. The number of benzene rings is 1. The van der Waals surface area contributed by atoms with E-state index in [-0.39, 0.29) is 30.2 Å². The van der Waals surface area contributed by atoms with Crippen molar-refractivity contribution in [3.63, 3.8) is 0 Å². The molecule has 6 nitrogen and oxygen atoms in total. The molecule has 0 saturated carbocycles. The summed E-state index contributed by atoms with van der Waals surface area (Å²) in [5.74, 6) is 1.12. The maximum absolute atomic E-state index is 12.2. The monoisotopic (exact) mass is 339 g/mol. The Labute approximate surface area is 136 Å². The first-order valence-electron chi connectivity index (χ1n) is 7.37. The fourth-order valence-corrected chi connectivity index (χ4v) is 3.31. The van der Waals surface area contributed by atoms with Crippen LogP contribution in [0.25, 0.3) is 6.08 Å². The van der Waals surface area contributed by atoms with Crippen molar-refractivity contribution < 1.29 is 22.7 Å². The van der Waals surface area contributed by atoms with Gasteiger partial charge in [0.05, 0.1) is 5.75 Å². The van der Waals surface area contributed by atoms with E-state index in [1.54, 1.807) is 39.1 Å². The molecule has 0 saturated heterocycles. The molecule has 0 fully saturated rings. The summed E-state index contributed by atoms with van der Waals surface area (Å²) < 4.78 is 33.8. The molecule has 23 heavy (non-hydrogen) atoms. The highest BCUT2D eigenvalue weighted by Crippen LogP contribution is 2.32. The van der Waals surface area contributed by atoms with Crippen molar-refractivity contribution in [2.45, 2.75) is 19.9 Å². The third-order valence-corrected chi connectivity index (χ3v) is 5.63. The molecular formula is C16H21NO5S. The van der Waals surface area contributed by atoms with Crippen molar-refractivity contribution in [2.24, 2.45) is 0 Å². The molecule has 0 bridgehead atoms. The number of carbonyl (C=O) groups excluding carboxylic acids is 1. The van der Waals surface area contributed by atoms with Gasteiger partial charge >= 0.3 is 0 Å². The molecule has 0 aromatic heterocycles. The Bertz CT molecular complexity index is 711. The van der Waals surface area contributed by atoms with Crippen molar-refractivity contribution in [2.75, 3.05) is 25.3 Å². The van der Waals surface area contributed by atoms with Gasteiger partial charge in [0.25, 0.3) is 0 Å². The average Bonchev–Trinajstić information content (AvgIpc) is 2.99. The van der Waals surface area contributed by atoms with Crippen LogP contribution in [-0.4, -0.2) is 50.6 Å². The number of hydrogen-bond donors (Lipinski definition) is 0. The molecular weight excluding hydrogens is 318 g/mol. The number of amides is 1. The van der Waals surface area contributed by atoms with E-state index in [1.807, 2.05) is 6.07 Å². The quantitative estimate of drug-likeness (QED) is 0.738. The Morgan fingerprint density at radius 1 is 1.35 bits per heavy atom. The van der Waals surface area contributed by atoms with Crippen LogP contribution >= 0.6 is 0 Å². The molecule has 2 rings (SSSR count). The van der Waals surface area contributed by atoms with Crippen molar-refractivity contribution >= 4 is 21.8 Å². The first-order valence-corrected chi connectivity index (χ1v) is 9.19. The SMILES string of the molecule is CCS(=O)(=O)C[C@@H](C)N(C)C(=O)/C=C/c1ccc2c(c1)OCO2. The zero-order valence-electron chi connectivity index (χ0n) is 13.5. The van der Waals surface area contributed by atoms with E-state index in [0.717, 1.165) is 5.56 Å². The summed E-state index contributed by atoms with van der Waals surface area (Å²) in [7, 11) is -1.52. The van der Waals surface area contributed by atoms with Crippen LogP contribution in [-0.2, 0) is 14.6 Å². The van der Waals surface area contributed by atoms with Gasteiger partial charge in [0.1, 0.15) is 0 Å². The maximum Gasteiger partial charge on any atom is 0.246 e. The van der Waals surface area contributed by atoms with E-state index in [4.69, 9.17) is 9.47 Å². The zero-order chi connectivity index (χ0) is 17.0. The van der Waals surface area contributed by atoms with Crippen LogP contribution in [0.15, 0.2) is 24.3 Å². The van der Waals surface area contributed by atoms with Crippen molar-refractivity contribution in [3.8, 4) is 11.5 Å². The van der Waals surface area contributed by atoms with E-state index in [0.29, 0.717) is 11.5 Å². The standard InChI is InChI=1S/C16H21NO5S/c1-4-23(19,20)10-12(2)17(3)16(18)8-6-13-5-7-14-15(9-13)22-11-21-14/h5-9,12H,4,10-11H2,1-3H3/b8-6+/t12-/m1/s1. The van der Waals surface area contributed by atoms with Gasteiger partial charge in [-0.05, 0) is 30.7 Å². The molecule has 1 aromatic rings. The third kappa shape index (κ3) is 4.48. The number of ether oxygens (including phenoxy) is 2. The second-order valence-corrected chi connectivity index (χ2v) is 7.84. The zero-order valence-corrected chi connectivity index (χ0v) is 14.3. The molecule has 0 spiro atoms. The fourth-order valence-electron chi connectivity index (χ4n) is 2.12. The molecule has 1 amide bonds. The lowest BCUT2D eigenvalue weighted by Gasteiger charge is -2.23. The molecule has 0 unspecified atom stereocenters. The molecule has 0 N–H and O–H groups in total.